The topological polar surface area (TPSA) is 61.5 Å². The number of hydrogen-bond donors (Lipinski definition) is 1. The molecule has 1 atom stereocenters. The third kappa shape index (κ3) is 8.37. The maximum atomic E-state index is 11.7. The van der Waals surface area contributed by atoms with Crippen LogP contribution in [0, 0.1) is 0 Å². The van der Waals surface area contributed by atoms with E-state index in [1.54, 1.807) is 0 Å². The van der Waals surface area contributed by atoms with Crippen molar-refractivity contribution in [2.75, 3.05) is 6.61 Å². The van der Waals surface area contributed by atoms with E-state index in [0.29, 0.717) is 0 Å². The molecule has 2 N–H and O–H groups in total. The molecule has 0 aliphatic rings. The molecule has 0 saturated carbocycles. The van der Waals surface area contributed by atoms with Gasteiger partial charge >= 0.3 is 18.3 Å². The summed E-state index contributed by atoms with van der Waals surface area (Å²) in [7, 11) is 0. The highest BCUT2D eigenvalue weighted by Gasteiger charge is 2.38. The average molecular weight is 267 g/mol. The number of halogens is 6. The van der Waals surface area contributed by atoms with E-state index in [-0.39, 0.29) is 12.3 Å². The fourth-order valence-electron chi connectivity index (χ4n) is 0.458. The molecule has 0 aromatic carbocycles. The minimum Gasteiger partial charge on any atom is -0.473 e. The Balaban J connectivity index is 3.98. The van der Waals surface area contributed by atoms with Crippen LogP contribution >= 0.6 is 0 Å². The molecule has 0 heterocycles. The quantitative estimate of drug-likeness (QED) is 0.275. The maximum absolute atomic E-state index is 11.7. The van der Waals surface area contributed by atoms with Crippen molar-refractivity contribution in [1.82, 2.24) is 0 Å². The molecule has 0 fully saturated rings. The predicted octanol–water partition coefficient (Wildman–Crippen LogP) is 1.47. The van der Waals surface area contributed by atoms with Crippen LogP contribution in [0.2, 0.25) is 0 Å². The second-order valence-electron chi connectivity index (χ2n) is 2.62. The van der Waals surface area contributed by atoms with Crippen LogP contribution in [0.25, 0.3) is 0 Å². The van der Waals surface area contributed by atoms with Gasteiger partial charge in [0.1, 0.15) is 0 Å². The van der Waals surface area contributed by atoms with Gasteiger partial charge in [0, 0.05) is 0 Å². The van der Waals surface area contributed by atoms with Crippen LogP contribution in [0.5, 0.6) is 0 Å². The van der Waals surface area contributed by atoms with E-state index < -0.39 is 31.2 Å². The Morgan fingerprint density at radius 3 is 2.18 bits per heavy atom. The first kappa shape index (κ1) is 15.5. The second kappa shape index (κ2) is 5.75. The lowest BCUT2D eigenvalue weighted by atomic mass is 10.5. The smallest absolute Gasteiger partial charge is 0.439 e. The van der Waals surface area contributed by atoms with E-state index in [2.05, 4.69) is 15.2 Å². The van der Waals surface area contributed by atoms with Gasteiger partial charge in [0.25, 0.3) is 0 Å². The molecule has 17 heavy (non-hydrogen) atoms. The number of hydrogen-bond acceptors (Lipinski definition) is 4. The molecule has 100 valence electrons. The van der Waals surface area contributed by atoms with Gasteiger partial charge < -0.3 is 9.47 Å². The van der Waals surface area contributed by atoms with Crippen molar-refractivity contribution in [3.63, 3.8) is 0 Å². The van der Waals surface area contributed by atoms with Gasteiger partial charge in [-0.3, -0.25) is 5.73 Å². The molecular formula is C7H7F6NO3. The third-order valence-corrected chi connectivity index (χ3v) is 1.13. The molecule has 0 aromatic heterocycles. The molecule has 0 saturated heterocycles. The summed E-state index contributed by atoms with van der Waals surface area (Å²) in [6, 6.07) is 0. The zero-order valence-electron chi connectivity index (χ0n) is 8.01. The van der Waals surface area contributed by atoms with Crippen molar-refractivity contribution in [3.8, 4) is 0 Å². The van der Waals surface area contributed by atoms with Gasteiger partial charge in [0.15, 0.2) is 6.61 Å². The van der Waals surface area contributed by atoms with Crippen LogP contribution in [-0.4, -0.2) is 31.2 Å². The third-order valence-electron chi connectivity index (χ3n) is 1.13. The lowest BCUT2D eigenvalue weighted by Crippen LogP contribution is -2.38. The van der Waals surface area contributed by atoms with Crippen LogP contribution in [-0.2, 0) is 14.3 Å². The highest BCUT2D eigenvalue weighted by Crippen LogP contribution is 2.19. The number of alkyl halides is 6. The molecule has 0 rings (SSSR count). The Morgan fingerprint density at radius 1 is 1.24 bits per heavy atom. The molecule has 0 bridgehead atoms. The number of carbonyl (C=O) groups is 1. The van der Waals surface area contributed by atoms with E-state index >= 15 is 0 Å². The van der Waals surface area contributed by atoms with E-state index in [9.17, 15) is 31.1 Å². The van der Waals surface area contributed by atoms with Crippen molar-refractivity contribution >= 4 is 5.97 Å². The van der Waals surface area contributed by atoms with Crippen LogP contribution in [0.3, 0.4) is 0 Å². The van der Waals surface area contributed by atoms with Gasteiger partial charge in [0.2, 0.25) is 6.23 Å². The Morgan fingerprint density at radius 2 is 1.76 bits per heavy atom. The zero-order valence-corrected chi connectivity index (χ0v) is 8.01. The van der Waals surface area contributed by atoms with Gasteiger partial charge in [-0.25, -0.2) is 4.79 Å². The SMILES string of the molecule is NC(O/C=C/C(=O)OCC(F)(F)F)C(F)(F)F. The molecule has 10 heteroatoms. The van der Waals surface area contributed by atoms with Crippen molar-refractivity contribution in [3.05, 3.63) is 12.3 Å². The molecule has 0 spiro atoms. The summed E-state index contributed by atoms with van der Waals surface area (Å²) in [6.45, 7) is -1.85. The highest BCUT2D eigenvalue weighted by molar-refractivity contribution is 5.81. The van der Waals surface area contributed by atoms with Crippen molar-refractivity contribution < 1.29 is 40.6 Å². The predicted molar refractivity (Wildman–Crippen MR) is 41.3 cm³/mol. The molecule has 0 aromatic rings. The van der Waals surface area contributed by atoms with Crippen molar-refractivity contribution in [1.29, 1.82) is 0 Å². The Hall–Kier alpha value is -1.45. The Bertz CT molecular complexity index is 284. The normalized spacial score (nSPS) is 14.8. The van der Waals surface area contributed by atoms with Gasteiger partial charge in [-0.15, -0.1) is 0 Å². The summed E-state index contributed by atoms with van der Waals surface area (Å²) >= 11 is 0. The van der Waals surface area contributed by atoms with Gasteiger partial charge in [-0.2, -0.15) is 26.3 Å². The fourth-order valence-corrected chi connectivity index (χ4v) is 0.458. The highest BCUT2D eigenvalue weighted by atomic mass is 19.4. The number of esters is 1. The molecule has 1 unspecified atom stereocenters. The summed E-state index contributed by atoms with van der Waals surface area (Å²) in [5, 5.41) is 0. The van der Waals surface area contributed by atoms with E-state index in [4.69, 9.17) is 0 Å². The minimum absolute atomic E-state index is 0.205. The Kier molecular flexibility index (Phi) is 5.26. The number of carbonyl (C=O) groups excluding carboxylic acids is 1. The Labute approximate surface area is 91.0 Å². The van der Waals surface area contributed by atoms with Gasteiger partial charge in [0.05, 0.1) is 12.3 Å². The first-order chi connectivity index (χ1) is 7.52. The number of nitrogens with two attached hydrogens (primary N) is 1. The molecule has 0 aliphatic heterocycles. The van der Waals surface area contributed by atoms with E-state index in [0.717, 1.165) is 0 Å². The van der Waals surface area contributed by atoms with E-state index in [1.165, 1.54) is 0 Å². The van der Waals surface area contributed by atoms with Crippen molar-refractivity contribution in [2.24, 2.45) is 5.73 Å². The molecular weight excluding hydrogens is 260 g/mol. The second-order valence-corrected chi connectivity index (χ2v) is 2.62. The first-order valence-corrected chi connectivity index (χ1v) is 3.90. The average Bonchev–Trinajstić information content (AvgIpc) is 2.12. The lowest BCUT2D eigenvalue weighted by Gasteiger charge is -2.14. The maximum Gasteiger partial charge on any atom is 0.439 e. The number of ether oxygens (including phenoxy) is 2. The van der Waals surface area contributed by atoms with Crippen LogP contribution in [0.15, 0.2) is 12.3 Å². The van der Waals surface area contributed by atoms with Gasteiger partial charge in [-0.1, -0.05) is 0 Å². The standard InChI is InChI=1S/C7H7F6NO3/c8-6(9,10)3-17-4(15)1-2-16-5(14)7(11,12)13/h1-2,5H,3,14H2/b2-1+. The first-order valence-electron chi connectivity index (χ1n) is 3.90. The monoisotopic (exact) mass is 267 g/mol. The van der Waals surface area contributed by atoms with Gasteiger partial charge in [-0.05, 0) is 0 Å². The van der Waals surface area contributed by atoms with E-state index in [1.807, 2.05) is 0 Å². The largest absolute Gasteiger partial charge is 0.473 e. The van der Waals surface area contributed by atoms with Crippen molar-refractivity contribution in [2.45, 2.75) is 18.6 Å². The molecule has 4 nitrogen and oxygen atoms in total. The summed E-state index contributed by atoms with van der Waals surface area (Å²) < 4.78 is 77.2. The lowest BCUT2D eigenvalue weighted by molar-refractivity contribution is -0.203. The minimum atomic E-state index is -4.85. The fraction of sp³-hybridized carbons (Fsp3) is 0.571. The summed E-state index contributed by atoms with van der Waals surface area (Å²) in [5.41, 5.74) is 4.45. The van der Waals surface area contributed by atoms with Crippen LogP contribution in [0.4, 0.5) is 26.3 Å². The molecule has 0 radical (unpaired) electrons. The summed E-state index contributed by atoms with van der Waals surface area (Å²) in [5.74, 6) is -1.50. The van der Waals surface area contributed by atoms with Crippen LogP contribution < -0.4 is 5.73 Å². The summed E-state index contributed by atoms with van der Waals surface area (Å²) in [6.07, 6.45) is -11.8. The zero-order chi connectivity index (χ0) is 13.7. The molecule has 0 aliphatic carbocycles. The summed E-state index contributed by atoms with van der Waals surface area (Å²) in [4.78, 5) is 10.5. The number of rotatable bonds is 4. The molecule has 0 amide bonds. The van der Waals surface area contributed by atoms with Crippen LogP contribution in [0.1, 0.15) is 0 Å².